The molecule has 0 aliphatic carbocycles. The summed E-state index contributed by atoms with van der Waals surface area (Å²) in [7, 11) is 0. The summed E-state index contributed by atoms with van der Waals surface area (Å²) in [5.74, 6) is -0.657. The minimum Gasteiger partial charge on any atom is -0.387 e. The molecule has 4 rings (SSSR count). The summed E-state index contributed by atoms with van der Waals surface area (Å²) >= 11 is 0. The van der Waals surface area contributed by atoms with E-state index in [2.05, 4.69) is 10.3 Å². The molecular formula is C26H21F3N2O2. The van der Waals surface area contributed by atoms with Gasteiger partial charge in [-0.2, -0.15) is 13.2 Å². The Morgan fingerprint density at radius 1 is 0.970 bits per heavy atom. The molecular weight excluding hydrogens is 429 g/mol. The molecule has 0 bridgehead atoms. The fourth-order valence-electron chi connectivity index (χ4n) is 3.69. The molecule has 0 saturated heterocycles. The number of rotatable bonds is 5. The van der Waals surface area contributed by atoms with Crippen molar-refractivity contribution in [1.29, 1.82) is 0 Å². The number of nitrogens with one attached hydrogen (secondary N) is 1. The third kappa shape index (κ3) is 4.88. The first-order chi connectivity index (χ1) is 15.7. The van der Waals surface area contributed by atoms with Crippen LogP contribution in [-0.2, 0) is 6.18 Å². The Hall–Kier alpha value is -3.71. The molecule has 1 unspecified atom stereocenters. The lowest BCUT2D eigenvalue weighted by Gasteiger charge is -2.16. The highest BCUT2D eigenvalue weighted by Crippen LogP contribution is 2.38. The average molecular weight is 450 g/mol. The number of aromatic nitrogens is 1. The number of nitrogens with zero attached hydrogens (tertiary/aromatic N) is 1. The lowest BCUT2D eigenvalue weighted by Crippen LogP contribution is -2.29. The van der Waals surface area contributed by atoms with E-state index in [9.17, 15) is 23.1 Å². The number of amides is 1. The first kappa shape index (κ1) is 22.5. The van der Waals surface area contributed by atoms with Gasteiger partial charge in [-0.05, 0) is 47.4 Å². The fourth-order valence-corrected chi connectivity index (χ4v) is 3.69. The van der Waals surface area contributed by atoms with Crippen LogP contribution in [0.3, 0.4) is 0 Å². The van der Waals surface area contributed by atoms with Crippen molar-refractivity contribution in [2.45, 2.75) is 19.2 Å². The summed E-state index contributed by atoms with van der Waals surface area (Å²) < 4.78 is 41.8. The van der Waals surface area contributed by atoms with E-state index in [1.807, 2.05) is 0 Å². The molecule has 3 aromatic carbocycles. The topological polar surface area (TPSA) is 62.2 Å². The summed E-state index contributed by atoms with van der Waals surface area (Å²) in [5, 5.41) is 13.1. The Morgan fingerprint density at radius 3 is 2.24 bits per heavy atom. The number of benzene rings is 3. The van der Waals surface area contributed by atoms with Crippen LogP contribution in [0.5, 0.6) is 0 Å². The smallest absolute Gasteiger partial charge is 0.387 e. The van der Waals surface area contributed by atoms with Crippen molar-refractivity contribution in [1.82, 2.24) is 10.3 Å². The number of aliphatic hydroxyl groups is 1. The summed E-state index contributed by atoms with van der Waals surface area (Å²) in [4.78, 5) is 16.7. The number of aryl methyl sites for hydroxylation is 1. The summed E-state index contributed by atoms with van der Waals surface area (Å²) in [6.45, 7) is 1.55. The zero-order valence-corrected chi connectivity index (χ0v) is 17.7. The van der Waals surface area contributed by atoms with E-state index in [0.717, 1.165) is 6.07 Å². The van der Waals surface area contributed by atoms with Gasteiger partial charge in [-0.25, -0.2) is 4.98 Å². The van der Waals surface area contributed by atoms with Crippen LogP contribution < -0.4 is 5.32 Å². The number of fused-ring (bicyclic) bond motifs is 1. The SMILES string of the molecule is Cc1cc(C(=O)NCC(O)c2ccccc2)nc2c(C(F)(F)F)cc(-c3ccccc3)cc12. The molecule has 1 heterocycles. The molecule has 0 aliphatic heterocycles. The minimum atomic E-state index is -4.65. The molecule has 0 aliphatic rings. The largest absolute Gasteiger partial charge is 0.418 e. The van der Waals surface area contributed by atoms with Crippen LogP contribution in [0.15, 0.2) is 78.9 Å². The van der Waals surface area contributed by atoms with Crippen LogP contribution >= 0.6 is 0 Å². The molecule has 4 nitrogen and oxygen atoms in total. The lowest BCUT2D eigenvalue weighted by atomic mass is 9.96. The second kappa shape index (κ2) is 9.03. The number of carbonyl (C=O) groups is 1. The van der Waals surface area contributed by atoms with E-state index in [1.54, 1.807) is 73.7 Å². The molecule has 168 valence electrons. The van der Waals surface area contributed by atoms with Gasteiger partial charge in [-0.3, -0.25) is 4.79 Å². The second-order valence-corrected chi connectivity index (χ2v) is 7.74. The predicted octanol–water partition coefficient (Wildman–Crippen LogP) is 5.69. The molecule has 0 spiro atoms. The average Bonchev–Trinajstić information content (AvgIpc) is 2.82. The van der Waals surface area contributed by atoms with Gasteiger partial charge in [-0.1, -0.05) is 60.7 Å². The van der Waals surface area contributed by atoms with E-state index in [1.165, 1.54) is 6.07 Å². The van der Waals surface area contributed by atoms with Crippen LogP contribution in [0.4, 0.5) is 13.2 Å². The molecule has 2 N–H and O–H groups in total. The van der Waals surface area contributed by atoms with Gasteiger partial charge in [-0.15, -0.1) is 0 Å². The molecule has 1 amide bonds. The first-order valence-corrected chi connectivity index (χ1v) is 10.3. The van der Waals surface area contributed by atoms with Gasteiger partial charge >= 0.3 is 6.18 Å². The molecule has 0 saturated carbocycles. The summed E-state index contributed by atoms with van der Waals surface area (Å²) in [6, 6.07) is 21.7. The van der Waals surface area contributed by atoms with Crippen molar-refractivity contribution < 1.29 is 23.1 Å². The number of halogens is 3. The number of pyridine rings is 1. The summed E-state index contributed by atoms with van der Waals surface area (Å²) in [6.07, 6.45) is -5.60. The zero-order chi connectivity index (χ0) is 23.6. The maximum atomic E-state index is 13.9. The van der Waals surface area contributed by atoms with Crippen molar-refractivity contribution in [3.05, 3.63) is 101 Å². The Labute approximate surface area is 188 Å². The third-order valence-corrected chi connectivity index (χ3v) is 5.41. The van der Waals surface area contributed by atoms with E-state index >= 15 is 0 Å². The fraction of sp³-hybridized carbons (Fsp3) is 0.154. The number of carbonyl (C=O) groups excluding carboxylic acids is 1. The van der Waals surface area contributed by atoms with Crippen molar-refractivity contribution >= 4 is 16.8 Å². The van der Waals surface area contributed by atoms with Crippen LogP contribution in [0.2, 0.25) is 0 Å². The highest BCUT2D eigenvalue weighted by Gasteiger charge is 2.34. The molecule has 33 heavy (non-hydrogen) atoms. The maximum absolute atomic E-state index is 13.9. The van der Waals surface area contributed by atoms with Crippen LogP contribution in [0, 0.1) is 6.92 Å². The van der Waals surface area contributed by atoms with Gasteiger partial charge in [0.15, 0.2) is 0 Å². The Kier molecular flexibility index (Phi) is 6.16. The highest BCUT2D eigenvalue weighted by atomic mass is 19.4. The third-order valence-electron chi connectivity index (χ3n) is 5.41. The van der Waals surface area contributed by atoms with Gasteiger partial charge in [0.1, 0.15) is 5.69 Å². The lowest BCUT2D eigenvalue weighted by molar-refractivity contribution is -0.136. The molecule has 7 heteroatoms. The number of aliphatic hydroxyl groups excluding tert-OH is 1. The van der Waals surface area contributed by atoms with Crippen LogP contribution in [-0.4, -0.2) is 22.5 Å². The normalized spacial score (nSPS) is 12.5. The van der Waals surface area contributed by atoms with Crippen molar-refractivity contribution in [3.63, 3.8) is 0 Å². The Balaban J connectivity index is 1.70. The Bertz CT molecular complexity index is 1290. The Morgan fingerprint density at radius 2 is 1.61 bits per heavy atom. The van der Waals surface area contributed by atoms with E-state index < -0.39 is 23.8 Å². The minimum absolute atomic E-state index is 0.0965. The highest BCUT2D eigenvalue weighted by molar-refractivity contribution is 5.98. The van der Waals surface area contributed by atoms with Crippen LogP contribution in [0.1, 0.15) is 33.3 Å². The predicted molar refractivity (Wildman–Crippen MR) is 121 cm³/mol. The number of hydrogen-bond donors (Lipinski definition) is 2. The standard InChI is InChI=1S/C26H21F3N2O2/c1-16-12-22(25(33)30-15-23(32)18-10-6-3-7-11-18)31-24-20(16)13-19(14-21(24)26(27,28)29)17-8-4-2-5-9-17/h2-14,23,32H,15H2,1H3,(H,30,33). The van der Waals surface area contributed by atoms with Gasteiger partial charge in [0, 0.05) is 11.9 Å². The van der Waals surface area contributed by atoms with E-state index in [4.69, 9.17) is 0 Å². The molecule has 4 aromatic rings. The van der Waals surface area contributed by atoms with Gasteiger partial charge in [0.25, 0.3) is 5.91 Å². The van der Waals surface area contributed by atoms with Crippen molar-refractivity contribution in [2.75, 3.05) is 6.54 Å². The molecule has 1 aromatic heterocycles. The van der Waals surface area contributed by atoms with E-state index in [-0.39, 0.29) is 17.8 Å². The molecule has 0 fully saturated rings. The monoisotopic (exact) mass is 450 g/mol. The quantitative estimate of drug-likeness (QED) is 0.411. The second-order valence-electron chi connectivity index (χ2n) is 7.74. The molecule has 0 radical (unpaired) electrons. The maximum Gasteiger partial charge on any atom is 0.418 e. The van der Waals surface area contributed by atoms with E-state index in [0.29, 0.717) is 27.6 Å². The van der Waals surface area contributed by atoms with Crippen molar-refractivity contribution in [3.8, 4) is 11.1 Å². The van der Waals surface area contributed by atoms with Gasteiger partial charge in [0.2, 0.25) is 0 Å². The van der Waals surface area contributed by atoms with Gasteiger partial charge in [0.05, 0.1) is 17.2 Å². The first-order valence-electron chi connectivity index (χ1n) is 10.3. The number of hydrogen-bond acceptors (Lipinski definition) is 3. The number of alkyl halides is 3. The molecule has 1 atom stereocenters. The van der Waals surface area contributed by atoms with Gasteiger partial charge < -0.3 is 10.4 Å². The van der Waals surface area contributed by atoms with Crippen molar-refractivity contribution in [2.24, 2.45) is 0 Å². The zero-order valence-electron chi connectivity index (χ0n) is 17.7. The van der Waals surface area contributed by atoms with Crippen LogP contribution in [0.25, 0.3) is 22.0 Å². The summed E-state index contributed by atoms with van der Waals surface area (Å²) in [5.41, 5.74) is 0.866.